The van der Waals surface area contributed by atoms with Crippen molar-refractivity contribution in [3.8, 4) is 0 Å². The lowest BCUT2D eigenvalue weighted by Gasteiger charge is -2.22. The van der Waals surface area contributed by atoms with Crippen LogP contribution in [0, 0.1) is 11.7 Å². The molecule has 0 aliphatic carbocycles. The average Bonchev–Trinajstić information content (AvgIpc) is 2.30. The van der Waals surface area contributed by atoms with Crippen LogP contribution in [0.1, 0.15) is 25.8 Å². The molecule has 3 nitrogen and oxygen atoms in total. The van der Waals surface area contributed by atoms with Crippen LogP contribution >= 0.6 is 0 Å². The molecule has 1 rings (SSSR count). The third kappa shape index (κ3) is 4.45. The van der Waals surface area contributed by atoms with Crippen molar-refractivity contribution in [3.05, 3.63) is 35.6 Å². The molecule has 0 bridgehead atoms. The maximum absolute atomic E-state index is 12.8. The molecule has 0 saturated heterocycles. The number of benzene rings is 1. The summed E-state index contributed by atoms with van der Waals surface area (Å²) in [6.45, 7) is 4.52. The summed E-state index contributed by atoms with van der Waals surface area (Å²) in [6.07, 6.45) is 0.673. The minimum Gasteiger partial charge on any atom is -0.340 e. The number of likely N-dealkylation sites (N-methyl/N-ethyl adjacent to an activating group) is 1. The number of carbonyl (C=O) groups is 1. The van der Waals surface area contributed by atoms with Gasteiger partial charge in [-0.1, -0.05) is 26.0 Å². The van der Waals surface area contributed by atoms with Gasteiger partial charge in [0, 0.05) is 13.6 Å². The van der Waals surface area contributed by atoms with Crippen molar-refractivity contribution >= 4 is 5.91 Å². The van der Waals surface area contributed by atoms with Crippen molar-refractivity contribution < 1.29 is 9.18 Å². The van der Waals surface area contributed by atoms with Crippen LogP contribution in [-0.2, 0) is 11.3 Å². The second-order valence-corrected chi connectivity index (χ2v) is 5.06. The minimum atomic E-state index is -0.463. The standard InChI is InChI=1S/C14H21FN2O/c1-10(2)8-13(16)14(18)17(3)9-11-4-6-12(15)7-5-11/h4-7,10,13H,8-9,16H2,1-3H3. The summed E-state index contributed by atoms with van der Waals surface area (Å²) in [5.74, 6) is 0.0421. The van der Waals surface area contributed by atoms with Gasteiger partial charge in [-0.05, 0) is 30.0 Å². The van der Waals surface area contributed by atoms with E-state index in [0.29, 0.717) is 18.9 Å². The van der Waals surface area contributed by atoms with Crippen molar-refractivity contribution in [1.82, 2.24) is 4.90 Å². The van der Waals surface area contributed by atoms with Gasteiger partial charge in [-0.2, -0.15) is 0 Å². The predicted octanol–water partition coefficient (Wildman–Crippen LogP) is 2.16. The molecular formula is C14H21FN2O. The third-order valence-corrected chi connectivity index (χ3v) is 2.75. The molecule has 18 heavy (non-hydrogen) atoms. The molecule has 0 aliphatic rings. The summed E-state index contributed by atoms with van der Waals surface area (Å²) in [4.78, 5) is 13.6. The molecule has 1 atom stereocenters. The number of carbonyl (C=O) groups excluding carboxylic acids is 1. The molecule has 100 valence electrons. The second-order valence-electron chi connectivity index (χ2n) is 5.06. The summed E-state index contributed by atoms with van der Waals surface area (Å²) in [6, 6.07) is 5.67. The first-order valence-electron chi connectivity index (χ1n) is 6.15. The van der Waals surface area contributed by atoms with E-state index in [1.165, 1.54) is 12.1 Å². The average molecular weight is 252 g/mol. The first-order valence-corrected chi connectivity index (χ1v) is 6.15. The van der Waals surface area contributed by atoms with Crippen LogP contribution in [-0.4, -0.2) is 23.9 Å². The fourth-order valence-electron chi connectivity index (χ4n) is 1.83. The largest absolute Gasteiger partial charge is 0.340 e. The Morgan fingerprint density at radius 3 is 2.39 bits per heavy atom. The smallest absolute Gasteiger partial charge is 0.239 e. The Balaban J connectivity index is 2.56. The highest BCUT2D eigenvalue weighted by Gasteiger charge is 2.18. The minimum absolute atomic E-state index is 0.0759. The predicted molar refractivity (Wildman–Crippen MR) is 70.3 cm³/mol. The van der Waals surface area contributed by atoms with Crippen LogP contribution in [0.2, 0.25) is 0 Å². The molecular weight excluding hydrogens is 231 g/mol. The van der Waals surface area contributed by atoms with Crippen LogP contribution in [0.5, 0.6) is 0 Å². The molecule has 2 N–H and O–H groups in total. The number of amides is 1. The van der Waals surface area contributed by atoms with Crippen molar-refractivity contribution in [2.24, 2.45) is 11.7 Å². The van der Waals surface area contributed by atoms with E-state index < -0.39 is 6.04 Å². The molecule has 0 heterocycles. The number of hydrogen-bond acceptors (Lipinski definition) is 2. The van der Waals surface area contributed by atoms with Gasteiger partial charge in [0.15, 0.2) is 0 Å². The highest BCUT2D eigenvalue weighted by molar-refractivity contribution is 5.81. The molecule has 1 aromatic carbocycles. The summed E-state index contributed by atoms with van der Waals surface area (Å²) < 4.78 is 12.8. The van der Waals surface area contributed by atoms with E-state index in [2.05, 4.69) is 0 Å². The maximum Gasteiger partial charge on any atom is 0.239 e. The van der Waals surface area contributed by atoms with E-state index >= 15 is 0 Å². The molecule has 4 heteroatoms. The number of nitrogens with zero attached hydrogens (tertiary/aromatic N) is 1. The Labute approximate surface area is 108 Å². The summed E-state index contributed by atoms with van der Waals surface area (Å²) >= 11 is 0. The molecule has 0 aromatic heterocycles. The molecule has 0 radical (unpaired) electrons. The van der Waals surface area contributed by atoms with Gasteiger partial charge in [-0.3, -0.25) is 4.79 Å². The molecule has 1 amide bonds. The van der Waals surface area contributed by atoms with Gasteiger partial charge < -0.3 is 10.6 Å². The van der Waals surface area contributed by atoms with Crippen LogP contribution in [0.3, 0.4) is 0 Å². The van der Waals surface area contributed by atoms with Crippen LogP contribution in [0.4, 0.5) is 4.39 Å². The number of halogens is 1. The Bertz CT molecular complexity index is 389. The summed E-state index contributed by atoms with van der Waals surface area (Å²) in [7, 11) is 1.71. The van der Waals surface area contributed by atoms with Crippen molar-refractivity contribution in [2.75, 3.05) is 7.05 Å². The van der Waals surface area contributed by atoms with Crippen LogP contribution < -0.4 is 5.73 Å². The van der Waals surface area contributed by atoms with Gasteiger partial charge in [0.25, 0.3) is 0 Å². The Morgan fingerprint density at radius 1 is 1.33 bits per heavy atom. The van der Waals surface area contributed by atoms with Gasteiger partial charge >= 0.3 is 0 Å². The second kappa shape index (κ2) is 6.50. The maximum atomic E-state index is 12.8. The van der Waals surface area contributed by atoms with Gasteiger partial charge in [-0.25, -0.2) is 4.39 Å². The number of nitrogens with two attached hydrogens (primary N) is 1. The van der Waals surface area contributed by atoms with Gasteiger partial charge in [0.1, 0.15) is 5.82 Å². The van der Waals surface area contributed by atoms with E-state index in [1.807, 2.05) is 13.8 Å². The van der Waals surface area contributed by atoms with Gasteiger partial charge in [0.2, 0.25) is 5.91 Å². The fraction of sp³-hybridized carbons (Fsp3) is 0.500. The van der Waals surface area contributed by atoms with E-state index in [-0.39, 0.29) is 11.7 Å². The lowest BCUT2D eigenvalue weighted by molar-refractivity contribution is -0.132. The molecule has 0 saturated carbocycles. The van der Waals surface area contributed by atoms with Gasteiger partial charge in [-0.15, -0.1) is 0 Å². The Kier molecular flexibility index (Phi) is 5.28. The Hall–Kier alpha value is -1.42. The van der Waals surface area contributed by atoms with E-state index in [4.69, 9.17) is 5.73 Å². The highest BCUT2D eigenvalue weighted by Crippen LogP contribution is 2.09. The van der Waals surface area contributed by atoms with Crippen molar-refractivity contribution in [2.45, 2.75) is 32.9 Å². The zero-order valence-corrected chi connectivity index (χ0v) is 11.2. The molecule has 0 spiro atoms. The monoisotopic (exact) mass is 252 g/mol. The number of rotatable bonds is 5. The van der Waals surface area contributed by atoms with Crippen LogP contribution in [0.15, 0.2) is 24.3 Å². The van der Waals surface area contributed by atoms with E-state index in [0.717, 1.165) is 5.56 Å². The lowest BCUT2D eigenvalue weighted by Crippen LogP contribution is -2.42. The normalized spacial score (nSPS) is 12.6. The molecule has 1 aromatic rings. The quantitative estimate of drug-likeness (QED) is 0.873. The zero-order chi connectivity index (χ0) is 13.7. The Morgan fingerprint density at radius 2 is 1.89 bits per heavy atom. The summed E-state index contributed by atoms with van der Waals surface area (Å²) in [5, 5.41) is 0. The van der Waals surface area contributed by atoms with E-state index in [9.17, 15) is 9.18 Å². The SMILES string of the molecule is CC(C)CC(N)C(=O)N(C)Cc1ccc(F)cc1. The number of hydrogen-bond donors (Lipinski definition) is 1. The first-order chi connectivity index (χ1) is 8.40. The first kappa shape index (κ1) is 14.6. The topological polar surface area (TPSA) is 46.3 Å². The van der Waals surface area contributed by atoms with E-state index in [1.54, 1.807) is 24.1 Å². The molecule has 0 fully saturated rings. The van der Waals surface area contributed by atoms with Gasteiger partial charge in [0.05, 0.1) is 6.04 Å². The molecule has 0 aliphatic heterocycles. The molecule has 1 unspecified atom stereocenters. The van der Waals surface area contributed by atoms with Crippen LogP contribution in [0.25, 0.3) is 0 Å². The highest BCUT2D eigenvalue weighted by atomic mass is 19.1. The summed E-state index contributed by atoms with van der Waals surface area (Å²) in [5.41, 5.74) is 6.74. The fourth-order valence-corrected chi connectivity index (χ4v) is 1.83. The van der Waals surface area contributed by atoms with Crippen molar-refractivity contribution in [1.29, 1.82) is 0 Å². The third-order valence-electron chi connectivity index (χ3n) is 2.75. The zero-order valence-electron chi connectivity index (χ0n) is 11.2. The lowest BCUT2D eigenvalue weighted by atomic mass is 10.0. The van der Waals surface area contributed by atoms with Crippen molar-refractivity contribution in [3.63, 3.8) is 0 Å².